The molecule has 2 N–H and O–H groups in total. The molecule has 0 unspecified atom stereocenters. The number of hydrogen-bond donors (Lipinski definition) is 2. The van der Waals surface area contributed by atoms with Crippen LogP contribution in [0.15, 0.2) is 42.7 Å². The van der Waals surface area contributed by atoms with Crippen LogP contribution in [0.2, 0.25) is 0 Å². The zero-order valence-corrected chi connectivity index (χ0v) is 15.3. The Kier molecular flexibility index (Phi) is 4.01. The van der Waals surface area contributed by atoms with E-state index in [2.05, 4.69) is 20.5 Å². The fraction of sp³-hybridized carbons (Fsp3) is 0.350. The molecule has 5 rings (SSSR count). The van der Waals surface area contributed by atoms with Gasteiger partial charge in [0.1, 0.15) is 5.82 Å². The average molecular weight is 401 g/mol. The third-order valence-corrected chi connectivity index (χ3v) is 5.87. The lowest BCUT2D eigenvalue weighted by atomic mass is 10.0. The molecule has 1 saturated carbocycles. The SMILES string of the molecule is O=C(c1cccc2cn[nH]c12)N1C[C@H]2C[C@@H](Nc3ccc(C(F)(F)F)cn3)[C@@H]1C2. The van der Waals surface area contributed by atoms with Crippen LogP contribution in [0, 0.1) is 5.92 Å². The fourth-order valence-corrected chi connectivity index (χ4v) is 4.55. The van der Waals surface area contributed by atoms with Gasteiger partial charge in [-0.15, -0.1) is 0 Å². The minimum absolute atomic E-state index is 0.0187. The van der Waals surface area contributed by atoms with E-state index in [0.29, 0.717) is 29.4 Å². The van der Waals surface area contributed by atoms with Crippen LogP contribution in [-0.4, -0.2) is 44.6 Å². The second kappa shape index (κ2) is 6.47. The zero-order chi connectivity index (χ0) is 20.2. The predicted octanol–water partition coefficient (Wildman–Crippen LogP) is 3.69. The number of nitrogens with zero attached hydrogens (tertiary/aromatic N) is 3. The van der Waals surface area contributed by atoms with Crippen LogP contribution in [-0.2, 0) is 6.18 Å². The molecule has 1 aromatic carbocycles. The predicted molar refractivity (Wildman–Crippen MR) is 100 cm³/mol. The van der Waals surface area contributed by atoms with E-state index in [1.807, 2.05) is 17.0 Å². The third kappa shape index (κ3) is 3.10. The molecule has 2 fully saturated rings. The van der Waals surface area contributed by atoms with Crippen LogP contribution in [0.4, 0.5) is 19.0 Å². The standard InChI is InChI=1S/C20H18F3N5O/c21-20(22,23)13-4-5-17(24-9-13)26-15-6-11-7-16(15)28(10-11)19(29)14-3-1-2-12-8-25-27-18(12)14/h1-5,8-9,11,15-16H,6-7,10H2,(H,24,26)(H,25,27)/t11-,15+,16-/m0/s1. The molecule has 1 aliphatic carbocycles. The van der Waals surface area contributed by atoms with E-state index >= 15 is 0 Å². The maximum Gasteiger partial charge on any atom is 0.417 e. The van der Waals surface area contributed by atoms with Crippen molar-refractivity contribution in [2.24, 2.45) is 5.92 Å². The normalized spacial score (nSPS) is 23.7. The van der Waals surface area contributed by atoms with Crippen molar-refractivity contribution in [1.29, 1.82) is 0 Å². The first-order valence-corrected chi connectivity index (χ1v) is 9.43. The number of hydrogen-bond acceptors (Lipinski definition) is 4. The molecule has 6 nitrogen and oxygen atoms in total. The summed E-state index contributed by atoms with van der Waals surface area (Å²) >= 11 is 0. The summed E-state index contributed by atoms with van der Waals surface area (Å²) in [6.45, 7) is 0.687. The second-order valence-corrected chi connectivity index (χ2v) is 7.68. The number of anilines is 1. The van der Waals surface area contributed by atoms with E-state index in [0.717, 1.165) is 30.5 Å². The summed E-state index contributed by atoms with van der Waals surface area (Å²) in [5.74, 6) is 0.703. The number of likely N-dealkylation sites (tertiary alicyclic amines) is 1. The number of para-hydroxylation sites is 1. The molecule has 0 radical (unpaired) electrons. The van der Waals surface area contributed by atoms with E-state index in [9.17, 15) is 18.0 Å². The van der Waals surface area contributed by atoms with Crippen molar-refractivity contribution in [3.05, 3.63) is 53.9 Å². The molecule has 2 bridgehead atoms. The number of carbonyl (C=O) groups is 1. The van der Waals surface area contributed by atoms with Gasteiger partial charge in [-0.05, 0) is 37.0 Å². The van der Waals surface area contributed by atoms with Crippen molar-refractivity contribution in [1.82, 2.24) is 20.1 Å². The Hall–Kier alpha value is -3.10. The van der Waals surface area contributed by atoms with Gasteiger partial charge in [0, 0.05) is 24.2 Å². The van der Waals surface area contributed by atoms with E-state index in [-0.39, 0.29) is 18.0 Å². The monoisotopic (exact) mass is 401 g/mol. The molecule has 9 heteroatoms. The average Bonchev–Trinajstić information content (AvgIpc) is 3.42. The molecule has 1 saturated heterocycles. The van der Waals surface area contributed by atoms with Crippen molar-refractivity contribution < 1.29 is 18.0 Å². The van der Waals surface area contributed by atoms with Crippen LogP contribution in [0.3, 0.4) is 0 Å². The van der Waals surface area contributed by atoms with E-state index < -0.39 is 11.7 Å². The van der Waals surface area contributed by atoms with Gasteiger partial charge in [-0.3, -0.25) is 9.89 Å². The number of alkyl halides is 3. The van der Waals surface area contributed by atoms with Gasteiger partial charge < -0.3 is 10.2 Å². The highest BCUT2D eigenvalue weighted by atomic mass is 19.4. The summed E-state index contributed by atoms with van der Waals surface area (Å²) in [4.78, 5) is 19.0. The molecular weight excluding hydrogens is 383 g/mol. The highest BCUT2D eigenvalue weighted by molar-refractivity contribution is 6.05. The van der Waals surface area contributed by atoms with E-state index in [1.54, 1.807) is 12.3 Å². The van der Waals surface area contributed by atoms with Crippen LogP contribution in [0.5, 0.6) is 0 Å². The molecule has 3 aromatic rings. The third-order valence-electron chi connectivity index (χ3n) is 5.87. The Labute approximate surface area is 164 Å². The molecule has 3 atom stereocenters. The number of rotatable bonds is 3. The first-order chi connectivity index (χ1) is 13.9. The van der Waals surface area contributed by atoms with Crippen LogP contribution < -0.4 is 5.32 Å². The Bertz CT molecular complexity index is 1060. The molecule has 1 aliphatic heterocycles. The maximum atomic E-state index is 13.2. The van der Waals surface area contributed by atoms with Crippen LogP contribution in [0.1, 0.15) is 28.8 Å². The quantitative estimate of drug-likeness (QED) is 0.702. The Morgan fingerprint density at radius 2 is 2.03 bits per heavy atom. The van der Waals surface area contributed by atoms with Gasteiger partial charge in [-0.2, -0.15) is 18.3 Å². The number of halogens is 3. The van der Waals surface area contributed by atoms with Gasteiger partial charge in [0.25, 0.3) is 5.91 Å². The first kappa shape index (κ1) is 18.0. The molecule has 2 aliphatic rings. The number of pyridine rings is 1. The summed E-state index contributed by atoms with van der Waals surface area (Å²) in [7, 11) is 0. The Morgan fingerprint density at radius 1 is 1.17 bits per heavy atom. The molecule has 3 heterocycles. The first-order valence-electron chi connectivity index (χ1n) is 9.43. The number of piperidine rings is 1. The zero-order valence-electron chi connectivity index (χ0n) is 15.3. The highest BCUT2D eigenvalue weighted by Gasteiger charge is 2.47. The minimum Gasteiger partial charge on any atom is -0.365 e. The van der Waals surface area contributed by atoms with Gasteiger partial charge in [-0.25, -0.2) is 4.98 Å². The highest BCUT2D eigenvalue weighted by Crippen LogP contribution is 2.40. The number of aromatic nitrogens is 3. The Morgan fingerprint density at radius 3 is 2.76 bits per heavy atom. The van der Waals surface area contributed by atoms with Gasteiger partial charge in [0.15, 0.2) is 0 Å². The molecular formula is C20H18F3N5O. The summed E-state index contributed by atoms with van der Waals surface area (Å²) in [6.07, 6.45) is -0.149. The van der Waals surface area contributed by atoms with Gasteiger partial charge >= 0.3 is 6.18 Å². The number of fused-ring (bicyclic) bond motifs is 3. The minimum atomic E-state index is -4.41. The smallest absolute Gasteiger partial charge is 0.365 e. The largest absolute Gasteiger partial charge is 0.417 e. The molecule has 150 valence electrons. The lowest BCUT2D eigenvalue weighted by Crippen LogP contribution is -2.47. The van der Waals surface area contributed by atoms with E-state index in [4.69, 9.17) is 0 Å². The summed E-state index contributed by atoms with van der Waals surface area (Å²) < 4.78 is 38.2. The van der Waals surface area contributed by atoms with Crippen LogP contribution in [0.25, 0.3) is 10.9 Å². The molecule has 29 heavy (non-hydrogen) atoms. The van der Waals surface area contributed by atoms with Crippen molar-refractivity contribution in [3.63, 3.8) is 0 Å². The van der Waals surface area contributed by atoms with Crippen molar-refractivity contribution in [2.45, 2.75) is 31.1 Å². The maximum absolute atomic E-state index is 13.2. The molecule has 1 amide bonds. The summed E-state index contributed by atoms with van der Waals surface area (Å²) in [6, 6.07) is 7.82. The number of carbonyl (C=O) groups excluding carboxylic acids is 1. The molecule has 2 aromatic heterocycles. The number of amides is 1. The number of H-pyrrole nitrogens is 1. The topological polar surface area (TPSA) is 73.9 Å². The fourth-order valence-electron chi connectivity index (χ4n) is 4.55. The summed E-state index contributed by atoms with van der Waals surface area (Å²) in [5, 5.41) is 11.0. The van der Waals surface area contributed by atoms with Crippen LogP contribution >= 0.6 is 0 Å². The number of benzene rings is 1. The lowest BCUT2D eigenvalue weighted by Gasteiger charge is -2.34. The Balaban J connectivity index is 1.35. The van der Waals surface area contributed by atoms with Crippen molar-refractivity contribution in [3.8, 4) is 0 Å². The lowest BCUT2D eigenvalue weighted by molar-refractivity contribution is -0.137. The van der Waals surface area contributed by atoms with Gasteiger partial charge in [0.2, 0.25) is 0 Å². The number of aromatic amines is 1. The van der Waals surface area contributed by atoms with Crippen molar-refractivity contribution >= 4 is 22.6 Å². The molecule has 0 spiro atoms. The van der Waals surface area contributed by atoms with Gasteiger partial charge in [-0.1, -0.05) is 12.1 Å². The second-order valence-electron chi connectivity index (χ2n) is 7.68. The van der Waals surface area contributed by atoms with E-state index in [1.165, 1.54) is 6.07 Å². The number of nitrogens with one attached hydrogen (secondary N) is 2. The summed E-state index contributed by atoms with van der Waals surface area (Å²) in [5.41, 5.74) is 0.522. The van der Waals surface area contributed by atoms with Gasteiger partial charge in [0.05, 0.1) is 28.9 Å². The van der Waals surface area contributed by atoms with Crippen molar-refractivity contribution in [2.75, 3.05) is 11.9 Å².